The van der Waals surface area contributed by atoms with Crippen LogP contribution in [0.3, 0.4) is 0 Å². The minimum absolute atomic E-state index is 0.0128. The lowest BCUT2D eigenvalue weighted by Crippen LogP contribution is -2.31. The third kappa shape index (κ3) is 3.95. The van der Waals surface area contributed by atoms with Crippen LogP contribution in [0.15, 0.2) is 33.9 Å². The van der Waals surface area contributed by atoms with Crippen molar-refractivity contribution >= 4 is 17.7 Å². The molecule has 0 aliphatic rings. The van der Waals surface area contributed by atoms with Gasteiger partial charge in [0.1, 0.15) is 11.6 Å². The molecule has 1 heterocycles. The van der Waals surface area contributed by atoms with Gasteiger partial charge in [0.25, 0.3) is 11.1 Å². The van der Waals surface area contributed by atoms with Crippen LogP contribution >= 0.6 is 11.8 Å². The molecule has 2 aromatic rings. The molecule has 0 unspecified atom stereocenters. The Morgan fingerprint density at radius 2 is 2.15 bits per heavy atom. The summed E-state index contributed by atoms with van der Waals surface area (Å²) in [6.45, 7) is 1.47. The highest BCUT2D eigenvalue weighted by molar-refractivity contribution is 8.00. The number of carboxylic acid groups (broad SMARTS) is 1. The van der Waals surface area contributed by atoms with Gasteiger partial charge < -0.3 is 19.1 Å². The highest BCUT2D eigenvalue weighted by Gasteiger charge is 2.12. The van der Waals surface area contributed by atoms with Crippen LogP contribution in [0.25, 0.3) is 0 Å². The number of nitrogens with zero attached hydrogens (tertiary/aromatic N) is 2. The number of thioether (sulfide) groups is 1. The number of rotatable bonds is 6. The Morgan fingerprint density at radius 3 is 2.80 bits per heavy atom. The summed E-state index contributed by atoms with van der Waals surface area (Å²) in [6, 6.07) is 5.48. The van der Waals surface area contributed by atoms with Gasteiger partial charge >= 0.3 is 0 Å². The summed E-state index contributed by atoms with van der Waals surface area (Å²) in [5.41, 5.74) is 0. The molecule has 0 aliphatic heterocycles. The maximum absolute atomic E-state index is 12.7. The van der Waals surface area contributed by atoms with E-state index in [4.69, 9.17) is 9.15 Å². The lowest BCUT2D eigenvalue weighted by atomic mass is 10.3. The molecule has 1 atom stereocenters. The summed E-state index contributed by atoms with van der Waals surface area (Å²) < 4.78 is 23.2. The standard InChI is InChI=1S/C12H11FN2O4S/c1-7(11(16)17)20-12-15-14-10(19-12)6-18-9-4-2-8(13)3-5-9/h2-5,7H,6H2,1H3,(H,16,17)/p-1/t7-/m1/s1. The van der Waals surface area contributed by atoms with E-state index in [0.29, 0.717) is 5.75 Å². The van der Waals surface area contributed by atoms with Crippen molar-refractivity contribution in [1.82, 2.24) is 10.2 Å². The Hall–Kier alpha value is -2.09. The zero-order valence-corrected chi connectivity index (χ0v) is 11.2. The summed E-state index contributed by atoms with van der Waals surface area (Å²) >= 11 is 0.889. The van der Waals surface area contributed by atoms with Crippen LogP contribution in [0.4, 0.5) is 4.39 Å². The number of aromatic nitrogens is 2. The quantitative estimate of drug-likeness (QED) is 0.735. The van der Waals surface area contributed by atoms with E-state index in [1.165, 1.54) is 31.2 Å². The Labute approximate surface area is 118 Å². The van der Waals surface area contributed by atoms with Crippen molar-refractivity contribution in [3.05, 3.63) is 36.0 Å². The van der Waals surface area contributed by atoms with Gasteiger partial charge in [0.05, 0.1) is 11.2 Å². The maximum Gasteiger partial charge on any atom is 0.277 e. The normalized spacial score (nSPS) is 12.1. The predicted octanol–water partition coefficient (Wildman–Crippen LogP) is 1.02. The Balaban J connectivity index is 1.89. The molecule has 2 rings (SSSR count). The molecule has 0 saturated heterocycles. The fourth-order valence-electron chi connectivity index (χ4n) is 1.22. The van der Waals surface area contributed by atoms with Gasteiger partial charge in [-0.2, -0.15) is 0 Å². The first-order chi connectivity index (χ1) is 9.54. The third-order valence-electron chi connectivity index (χ3n) is 2.23. The van der Waals surface area contributed by atoms with Crippen LogP contribution in [-0.2, 0) is 11.4 Å². The van der Waals surface area contributed by atoms with Gasteiger partial charge in [-0.15, -0.1) is 10.2 Å². The smallest absolute Gasteiger partial charge is 0.277 e. The molecule has 8 heteroatoms. The lowest BCUT2D eigenvalue weighted by Gasteiger charge is -2.07. The van der Waals surface area contributed by atoms with E-state index in [0.717, 1.165) is 11.8 Å². The average Bonchev–Trinajstić information content (AvgIpc) is 2.85. The van der Waals surface area contributed by atoms with Crippen molar-refractivity contribution in [3.63, 3.8) is 0 Å². The second-order valence-corrected chi connectivity index (χ2v) is 5.08. The Morgan fingerprint density at radius 1 is 1.45 bits per heavy atom. The topological polar surface area (TPSA) is 88.3 Å². The van der Waals surface area contributed by atoms with Crippen LogP contribution in [0.2, 0.25) is 0 Å². The van der Waals surface area contributed by atoms with Crippen LogP contribution in [0.5, 0.6) is 5.75 Å². The number of halogens is 1. The minimum atomic E-state index is -1.21. The number of carbonyl (C=O) groups excluding carboxylic acids is 1. The van der Waals surface area contributed by atoms with Gasteiger partial charge in [0.2, 0.25) is 0 Å². The molecule has 0 radical (unpaired) electrons. The summed E-state index contributed by atoms with van der Waals surface area (Å²) in [5, 5.41) is 17.3. The number of aliphatic carboxylic acids is 1. The number of hydrogen-bond acceptors (Lipinski definition) is 7. The molecule has 0 aliphatic carbocycles. The van der Waals surface area contributed by atoms with E-state index in [-0.39, 0.29) is 23.5 Å². The maximum atomic E-state index is 12.7. The molecule has 0 N–H and O–H groups in total. The zero-order chi connectivity index (χ0) is 14.5. The van der Waals surface area contributed by atoms with Gasteiger partial charge in [-0.1, -0.05) is 11.8 Å². The summed E-state index contributed by atoms with van der Waals surface area (Å²) in [4.78, 5) is 10.6. The molecule has 0 amide bonds. The van der Waals surface area contributed by atoms with Crippen molar-refractivity contribution in [1.29, 1.82) is 0 Å². The number of carbonyl (C=O) groups is 1. The lowest BCUT2D eigenvalue weighted by molar-refractivity contribution is -0.304. The minimum Gasteiger partial charge on any atom is -0.549 e. The number of carboxylic acids is 1. The SMILES string of the molecule is C[C@@H](Sc1nnc(COc2ccc(F)cc2)o1)C(=O)[O-]. The Bertz CT molecular complexity index is 587. The Kier molecular flexibility index (Phi) is 4.57. The largest absolute Gasteiger partial charge is 0.549 e. The average molecular weight is 297 g/mol. The van der Waals surface area contributed by atoms with Crippen LogP contribution < -0.4 is 9.84 Å². The number of ether oxygens (including phenoxy) is 1. The molecular weight excluding hydrogens is 287 g/mol. The van der Waals surface area contributed by atoms with Gasteiger partial charge in [0.15, 0.2) is 6.61 Å². The molecular formula is C12H10FN2O4S-. The van der Waals surface area contributed by atoms with E-state index < -0.39 is 11.2 Å². The van der Waals surface area contributed by atoms with E-state index in [9.17, 15) is 14.3 Å². The van der Waals surface area contributed by atoms with Gasteiger partial charge in [-0.05, 0) is 31.2 Å². The van der Waals surface area contributed by atoms with Gasteiger partial charge in [0, 0.05) is 0 Å². The monoisotopic (exact) mass is 297 g/mol. The molecule has 6 nitrogen and oxygen atoms in total. The molecule has 0 bridgehead atoms. The third-order valence-corrected chi connectivity index (χ3v) is 3.15. The molecule has 0 fully saturated rings. The van der Waals surface area contributed by atoms with Gasteiger partial charge in [-0.25, -0.2) is 4.39 Å². The highest BCUT2D eigenvalue weighted by atomic mass is 32.2. The van der Waals surface area contributed by atoms with Crippen molar-refractivity contribution in [2.75, 3.05) is 0 Å². The predicted molar refractivity (Wildman–Crippen MR) is 65.4 cm³/mol. The summed E-state index contributed by atoms with van der Waals surface area (Å²) in [6.07, 6.45) is 0. The van der Waals surface area contributed by atoms with Crippen molar-refractivity contribution in [3.8, 4) is 5.75 Å². The fraction of sp³-hybridized carbons (Fsp3) is 0.250. The van der Waals surface area contributed by atoms with E-state index >= 15 is 0 Å². The first-order valence-corrected chi connectivity index (χ1v) is 6.51. The van der Waals surface area contributed by atoms with E-state index in [1.807, 2.05) is 0 Å². The summed E-state index contributed by atoms with van der Waals surface area (Å²) in [5.74, 6) is -0.910. The van der Waals surface area contributed by atoms with Crippen LogP contribution in [-0.4, -0.2) is 21.4 Å². The second kappa shape index (κ2) is 6.38. The molecule has 20 heavy (non-hydrogen) atoms. The van der Waals surface area contributed by atoms with Crippen LogP contribution in [0, 0.1) is 5.82 Å². The first kappa shape index (κ1) is 14.3. The van der Waals surface area contributed by atoms with Gasteiger partial charge in [-0.3, -0.25) is 0 Å². The zero-order valence-electron chi connectivity index (χ0n) is 10.4. The molecule has 1 aromatic heterocycles. The number of benzene rings is 1. The fourth-order valence-corrected chi connectivity index (χ4v) is 1.85. The van der Waals surface area contributed by atoms with Crippen LogP contribution in [0.1, 0.15) is 12.8 Å². The van der Waals surface area contributed by atoms with E-state index in [1.54, 1.807) is 0 Å². The molecule has 0 saturated carbocycles. The number of hydrogen-bond donors (Lipinski definition) is 0. The molecule has 106 valence electrons. The van der Waals surface area contributed by atoms with E-state index in [2.05, 4.69) is 10.2 Å². The van der Waals surface area contributed by atoms with Crippen molar-refractivity contribution in [2.45, 2.75) is 24.0 Å². The molecule has 0 spiro atoms. The van der Waals surface area contributed by atoms with Crippen molar-refractivity contribution < 1.29 is 23.4 Å². The first-order valence-electron chi connectivity index (χ1n) is 5.63. The highest BCUT2D eigenvalue weighted by Crippen LogP contribution is 2.21. The molecule has 1 aromatic carbocycles. The second-order valence-electron chi connectivity index (χ2n) is 3.78. The summed E-state index contributed by atoms with van der Waals surface area (Å²) in [7, 11) is 0. The van der Waals surface area contributed by atoms with Crippen molar-refractivity contribution in [2.24, 2.45) is 0 Å².